The van der Waals surface area contributed by atoms with Crippen LogP contribution in [0.2, 0.25) is 0 Å². The zero-order valence-corrected chi connectivity index (χ0v) is 13.9. The molecule has 2 aromatic rings. The second-order valence-electron chi connectivity index (χ2n) is 6.04. The lowest BCUT2D eigenvalue weighted by atomic mass is 10.0. The Morgan fingerprint density at radius 2 is 2.04 bits per heavy atom. The van der Waals surface area contributed by atoms with Crippen LogP contribution in [-0.2, 0) is 6.54 Å². The first-order valence-electron chi connectivity index (χ1n) is 7.71. The van der Waals surface area contributed by atoms with Crippen molar-refractivity contribution in [2.75, 3.05) is 21.2 Å². The number of quaternary nitrogens is 1. The van der Waals surface area contributed by atoms with Crippen molar-refractivity contribution < 1.29 is 24.3 Å². The van der Waals surface area contributed by atoms with Crippen molar-refractivity contribution in [2.24, 2.45) is 0 Å². The first-order valence-corrected chi connectivity index (χ1v) is 7.71. The SMILES string of the molecule is COc1cccc(/C=C2\Oc3c(ccc(O)c3C[NH+](C)C)C2=O)c1. The third-order valence-corrected chi connectivity index (χ3v) is 3.84. The van der Waals surface area contributed by atoms with Crippen LogP contribution in [0.15, 0.2) is 42.2 Å². The molecule has 0 atom stereocenters. The largest absolute Gasteiger partial charge is 0.507 e. The molecule has 24 heavy (non-hydrogen) atoms. The number of benzene rings is 2. The van der Waals surface area contributed by atoms with Gasteiger partial charge in [-0.05, 0) is 35.9 Å². The summed E-state index contributed by atoms with van der Waals surface area (Å²) in [6.07, 6.45) is 1.69. The number of allylic oxidation sites excluding steroid dienone is 1. The van der Waals surface area contributed by atoms with Gasteiger partial charge in [0.05, 0.1) is 32.3 Å². The van der Waals surface area contributed by atoms with Gasteiger partial charge in [-0.2, -0.15) is 0 Å². The van der Waals surface area contributed by atoms with Crippen LogP contribution in [0, 0.1) is 0 Å². The summed E-state index contributed by atoms with van der Waals surface area (Å²) in [5, 5.41) is 10.1. The van der Waals surface area contributed by atoms with Gasteiger partial charge in [0, 0.05) is 0 Å². The lowest BCUT2D eigenvalue weighted by Crippen LogP contribution is -3.04. The molecule has 0 radical (unpaired) electrons. The van der Waals surface area contributed by atoms with Gasteiger partial charge in [0.1, 0.15) is 18.0 Å². The number of fused-ring (bicyclic) bond motifs is 1. The Morgan fingerprint density at radius 3 is 2.75 bits per heavy atom. The number of nitrogens with one attached hydrogen (secondary N) is 1. The normalized spacial score (nSPS) is 14.8. The van der Waals surface area contributed by atoms with Crippen LogP contribution in [0.4, 0.5) is 0 Å². The lowest BCUT2D eigenvalue weighted by molar-refractivity contribution is -0.872. The standard InChI is InChI=1S/C19H19NO4/c1-20(2)11-15-16(21)8-7-14-18(22)17(24-19(14)15)10-12-5-4-6-13(9-12)23-3/h4-10,21H,11H2,1-3H3/p+1/b17-10-. The molecule has 1 aliphatic heterocycles. The summed E-state index contributed by atoms with van der Waals surface area (Å²) in [4.78, 5) is 13.7. The van der Waals surface area contributed by atoms with Crippen molar-refractivity contribution in [3.05, 3.63) is 58.8 Å². The van der Waals surface area contributed by atoms with Crippen LogP contribution in [0.5, 0.6) is 17.2 Å². The second kappa shape index (κ2) is 6.37. The van der Waals surface area contributed by atoms with Gasteiger partial charge < -0.3 is 19.5 Å². The number of methoxy groups -OCH3 is 1. The van der Waals surface area contributed by atoms with Crippen molar-refractivity contribution in [1.82, 2.24) is 0 Å². The van der Waals surface area contributed by atoms with Gasteiger partial charge in [-0.15, -0.1) is 0 Å². The van der Waals surface area contributed by atoms with Crippen LogP contribution in [0.3, 0.4) is 0 Å². The molecule has 1 heterocycles. The monoisotopic (exact) mass is 326 g/mol. The van der Waals surface area contributed by atoms with E-state index in [-0.39, 0.29) is 17.3 Å². The van der Waals surface area contributed by atoms with Crippen LogP contribution < -0.4 is 14.4 Å². The van der Waals surface area contributed by atoms with Gasteiger partial charge in [0.2, 0.25) is 5.78 Å². The molecule has 0 saturated heterocycles. The molecule has 5 nitrogen and oxygen atoms in total. The average molecular weight is 326 g/mol. The average Bonchev–Trinajstić information content (AvgIpc) is 2.87. The number of Topliss-reactive ketones (excluding diaryl/α,β-unsaturated/α-hetero) is 1. The molecule has 0 fully saturated rings. The van der Waals surface area contributed by atoms with E-state index in [0.29, 0.717) is 29.2 Å². The number of carbonyl (C=O) groups is 1. The highest BCUT2D eigenvalue weighted by molar-refractivity contribution is 6.15. The number of ketones is 1. The van der Waals surface area contributed by atoms with Crippen molar-refractivity contribution in [3.63, 3.8) is 0 Å². The number of hydrogen-bond acceptors (Lipinski definition) is 4. The summed E-state index contributed by atoms with van der Waals surface area (Å²) in [5.74, 6) is 1.38. The summed E-state index contributed by atoms with van der Waals surface area (Å²) in [5.41, 5.74) is 1.95. The fraction of sp³-hybridized carbons (Fsp3) is 0.211. The predicted octanol–water partition coefficient (Wildman–Crippen LogP) is 1.66. The molecule has 0 bridgehead atoms. The molecular weight excluding hydrogens is 306 g/mol. The number of phenols is 1. The molecule has 0 aliphatic carbocycles. The van der Waals surface area contributed by atoms with E-state index in [2.05, 4.69) is 0 Å². The van der Waals surface area contributed by atoms with Gasteiger partial charge in [-0.3, -0.25) is 4.79 Å². The fourth-order valence-electron chi connectivity index (χ4n) is 2.70. The first-order chi connectivity index (χ1) is 11.5. The number of ether oxygens (including phenoxy) is 2. The number of phenolic OH excluding ortho intramolecular Hbond substituents is 1. The Hall–Kier alpha value is -2.79. The van der Waals surface area contributed by atoms with Gasteiger partial charge in [0.15, 0.2) is 11.5 Å². The zero-order chi connectivity index (χ0) is 17.3. The quantitative estimate of drug-likeness (QED) is 0.839. The smallest absolute Gasteiger partial charge is 0.231 e. The minimum atomic E-state index is -0.178. The van der Waals surface area contributed by atoms with Crippen LogP contribution >= 0.6 is 0 Å². The van der Waals surface area contributed by atoms with E-state index in [4.69, 9.17) is 9.47 Å². The Labute approximate surface area is 140 Å². The zero-order valence-electron chi connectivity index (χ0n) is 13.9. The highest BCUT2D eigenvalue weighted by Gasteiger charge is 2.31. The summed E-state index contributed by atoms with van der Waals surface area (Å²) in [6, 6.07) is 10.5. The molecule has 0 unspecified atom stereocenters. The third kappa shape index (κ3) is 2.98. The molecule has 0 amide bonds. The Balaban J connectivity index is 1.99. The van der Waals surface area contributed by atoms with Crippen molar-refractivity contribution >= 4 is 11.9 Å². The topological polar surface area (TPSA) is 60.2 Å². The summed E-state index contributed by atoms with van der Waals surface area (Å²) >= 11 is 0. The minimum absolute atomic E-state index is 0.144. The number of hydrogen-bond donors (Lipinski definition) is 2. The molecule has 0 aromatic heterocycles. The fourth-order valence-corrected chi connectivity index (χ4v) is 2.70. The summed E-state index contributed by atoms with van der Waals surface area (Å²) in [7, 11) is 5.54. The first kappa shape index (κ1) is 16.1. The molecule has 0 saturated carbocycles. The van der Waals surface area contributed by atoms with E-state index in [0.717, 1.165) is 10.5 Å². The Kier molecular flexibility index (Phi) is 4.27. The van der Waals surface area contributed by atoms with Crippen LogP contribution in [0.25, 0.3) is 6.08 Å². The molecule has 1 aliphatic rings. The minimum Gasteiger partial charge on any atom is -0.507 e. The van der Waals surface area contributed by atoms with Crippen molar-refractivity contribution in [2.45, 2.75) is 6.54 Å². The Morgan fingerprint density at radius 1 is 1.25 bits per heavy atom. The number of aromatic hydroxyl groups is 1. The highest BCUT2D eigenvalue weighted by atomic mass is 16.5. The van der Waals surface area contributed by atoms with Gasteiger partial charge in [-0.1, -0.05) is 12.1 Å². The summed E-state index contributed by atoms with van der Waals surface area (Å²) < 4.78 is 11.0. The van der Waals surface area contributed by atoms with E-state index in [1.165, 1.54) is 0 Å². The van der Waals surface area contributed by atoms with E-state index >= 15 is 0 Å². The maximum atomic E-state index is 12.6. The lowest BCUT2D eigenvalue weighted by Gasteiger charge is -2.12. The van der Waals surface area contributed by atoms with E-state index in [1.54, 1.807) is 25.3 Å². The molecule has 2 aromatic carbocycles. The van der Waals surface area contributed by atoms with E-state index in [9.17, 15) is 9.90 Å². The molecular formula is C19H20NO4+. The maximum absolute atomic E-state index is 12.6. The van der Waals surface area contributed by atoms with Gasteiger partial charge in [-0.25, -0.2) is 0 Å². The van der Waals surface area contributed by atoms with Crippen LogP contribution in [0.1, 0.15) is 21.5 Å². The van der Waals surface area contributed by atoms with Gasteiger partial charge in [0.25, 0.3) is 0 Å². The molecule has 124 valence electrons. The molecule has 0 spiro atoms. The van der Waals surface area contributed by atoms with Crippen molar-refractivity contribution in [1.29, 1.82) is 0 Å². The second-order valence-corrected chi connectivity index (χ2v) is 6.04. The van der Waals surface area contributed by atoms with E-state index in [1.807, 2.05) is 38.4 Å². The molecule has 5 heteroatoms. The summed E-state index contributed by atoms with van der Waals surface area (Å²) in [6.45, 7) is 0.564. The maximum Gasteiger partial charge on any atom is 0.231 e. The number of carbonyl (C=O) groups excluding carboxylic acids is 1. The van der Waals surface area contributed by atoms with Gasteiger partial charge >= 0.3 is 0 Å². The Bertz CT molecular complexity index is 824. The number of rotatable bonds is 4. The van der Waals surface area contributed by atoms with Crippen molar-refractivity contribution in [3.8, 4) is 17.2 Å². The predicted molar refractivity (Wildman–Crippen MR) is 90.6 cm³/mol. The van der Waals surface area contributed by atoms with E-state index < -0.39 is 0 Å². The molecule has 2 N–H and O–H groups in total. The third-order valence-electron chi connectivity index (χ3n) is 3.84. The van der Waals surface area contributed by atoms with Crippen LogP contribution in [-0.4, -0.2) is 32.1 Å². The highest BCUT2D eigenvalue weighted by Crippen LogP contribution is 2.39. The molecule has 3 rings (SSSR count).